The fourth-order valence-electron chi connectivity index (χ4n) is 2.69. The van der Waals surface area contributed by atoms with E-state index < -0.39 is 21.7 Å². The van der Waals surface area contributed by atoms with Crippen molar-refractivity contribution in [1.29, 1.82) is 0 Å². The molecule has 2 N–H and O–H groups in total. The Bertz CT molecular complexity index is 1170. The van der Waals surface area contributed by atoms with E-state index in [9.17, 15) is 17.6 Å². The van der Waals surface area contributed by atoms with E-state index in [0.717, 1.165) is 23.8 Å². The minimum absolute atomic E-state index is 0.175. The lowest BCUT2D eigenvalue weighted by Gasteiger charge is -2.12. The number of benzene rings is 2. The molecular formula is C21H20FN3O4S. The first-order valence-corrected chi connectivity index (χ1v) is 10.6. The number of carbonyl (C=O) groups is 1. The van der Waals surface area contributed by atoms with Gasteiger partial charge >= 0.3 is 0 Å². The third-order valence-corrected chi connectivity index (χ3v) is 5.67. The lowest BCUT2D eigenvalue weighted by molar-refractivity contribution is 0.102. The van der Waals surface area contributed by atoms with Crippen LogP contribution < -0.4 is 14.8 Å². The van der Waals surface area contributed by atoms with Crippen LogP contribution in [0.1, 0.15) is 22.8 Å². The number of hydrogen-bond acceptors (Lipinski definition) is 5. The number of sulfonamides is 1. The Morgan fingerprint density at radius 3 is 2.63 bits per heavy atom. The van der Waals surface area contributed by atoms with Crippen LogP contribution in [0.4, 0.5) is 10.1 Å². The molecule has 0 aliphatic heterocycles. The highest BCUT2D eigenvalue weighted by Crippen LogP contribution is 2.27. The van der Waals surface area contributed by atoms with Gasteiger partial charge in [-0.2, -0.15) is 0 Å². The third-order valence-electron chi connectivity index (χ3n) is 4.12. The van der Waals surface area contributed by atoms with Gasteiger partial charge in [-0.05, 0) is 61.0 Å². The number of halogens is 1. The van der Waals surface area contributed by atoms with Gasteiger partial charge in [-0.3, -0.25) is 9.78 Å². The molecule has 2 aromatic carbocycles. The molecule has 0 unspecified atom stereocenters. The average molecular weight is 429 g/mol. The molecule has 0 saturated carbocycles. The van der Waals surface area contributed by atoms with Crippen LogP contribution in [0.15, 0.2) is 65.8 Å². The van der Waals surface area contributed by atoms with Crippen LogP contribution >= 0.6 is 0 Å². The van der Waals surface area contributed by atoms with Gasteiger partial charge in [-0.15, -0.1) is 0 Å². The van der Waals surface area contributed by atoms with Crippen LogP contribution in [0, 0.1) is 12.7 Å². The number of anilines is 1. The van der Waals surface area contributed by atoms with Crippen molar-refractivity contribution in [3.63, 3.8) is 0 Å². The highest BCUT2D eigenvalue weighted by molar-refractivity contribution is 7.89. The minimum Gasteiger partial charge on any atom is -0.455 e. The molecule has 0 saturated heterocycles. The lowest BCUT2D eigenvalue weighted by atomic mass is 10.1. The standard InChI is InChI=1S/C21H20FN3O4S/c1-3-24-30(27,28)17-7-8-19(22)18(12-17)21(26)25-15-6-9-20(14(2)11-15)29-16-5-4-10-23-13-16/h4-13,24H,3H2,1-2H3,(H,25,26). The van der Waals surface area contributed by atoms with Crippen molar-refractivity contribution in [3.05, 3.63) is 77.9 Å². The number of aryl methyl sites for hydroxylation is 1. The molecule has 9 heteroatoms. The molecule has 3 rings (SSSR count). The van der Waals surface area contributed by atoms with Crippen molar-refractivity contribution in [2.45, 2.75) is 18.7 Å². The van der Waals surface area contributed by atoms with Gasteiger partial charge in [0.2, 0.25) is 10.0 Å². The fourth-order valence-corrected chi connectivity index (χ4v) is 3.76. The Hall–Kier alpha value is -3.30. The summed E-state index contributed by atoms with van der Waals surface area (Å²) in [4.78, 5) is 16.3. The van der Waals surface area contributed by atoms with Crippen molar-refractivity contribution in [2.75, 3.05) is 11.9 Å². The van der Waals surface area contributed by atoms with E-state index in [-0.39, 0.29) is 17.0 Å². The first-order valence-electron chi connectivity index (χ1n) is 9.09. The number of aromatic nitrogens is 1. The summed E-state index contributed by atoms with van der Waals surface area (Å²) in [5, 5.41) is 2.58. The van der Waals surface area contributed by atoms with Gasteiger partial charge in [-0.25, -0.2) is 17.5 Å². The molecular weight excluding hydrogens is 409 g/mol. The molecule has 1 amide bonds. The van der Waals surface area contributed by atoms with E-state index in [4.69, 9.17) is 4.74 Å². The summed E-state index contributed by atoms with van der Waals surface area (Å²) in [5.74, 6) is -0.443. The summed E-state index contributed by atoms with van der Waals surface area (Å²) < 4.78 is 46.5. The van der Waals surface area contributed by atoms with Gasteiger partial charge in [-0.1, -0.05) is 6.92 Å². The van der Waals surface area contributed by atoms with Crippen LogP contribution in [0.5, 0.6) is 11.5 Å². The number of hydrogen-bond donors (Lipinski definition) is 2. The van der Waals surface area contributed by atoms with Crippen molar-refractivity contribution >= 4 is 21.6 Å². The summed E-state index contributed by atoms with van der Waals surface area (Å²) in [6.07, 6.45) is 3.21. The molecule has 0 spiro atoms. The van der Waals surface area contributed by atoms with Gasteiger partial charge < -0.3 is 10.1 Å². The van der Waals surface area contributed by atoms with Crippen LogP contribution in [0.2, 0.25) is 0 Å². The summed E-state index contributed by atoms with van der Waals surface area (Å²) in [7, 11) is -3.82. The number of ether oxygens (including phenoxy) is 1. The Morgan fingerprint density at radius 2 is 1.97 bits per heavy atom. The molecule has 0 aliphatic carbocycles. The SMILES string of the molecule is CCNS(=O)(=O)c1ccc(F)c(C(=O)Nc2ccc(Oc3cccnc3)c(C)c2)c1. The highest BCUT2D eigenvalue weighted by atomic mass is 32.2. The maximum atomic E-state index is 14.2. The maximum Gasteiger partial charge on any atom is 0.258 e. The molecule has 0 bridgehead atoms. The van der Waals surface area contributed by atoms with Crippen molar-refractivity contribution in [2.24, 2.45) is 0 Å². The lowest BCUT2D eigenvalue weighted by Crippen LogP contribution is -2.24. The quantitative estimate of drug-likeness (QED) is 0.594. The second kappa shape index (κ2) is 9.02. The van der Waals surface area contributed by atoms with Crippen LogP contribution in [-0.2, 0) is 10.0 Å². The molecule has 1 heterocycles. The summed E-state index contributed by atoms with van der Waals surface area (Å²) in [6, 6.07) is 11.5. The molecule has 0 radical (unpaired) electrons. The fraction of sp³-hybridized carbons (Fsp3) is 0.143. The zero-order chi connectivity index (χ0) is 21.7. The predicted molar refractivity (Wildman–Crippen MR) is 111 cm³/mol. The summed E-state index contributed by atoms with van der Waals surface area (Å²) >= 11 is 0. The van der Waals surface area contributed by atoms with Crippen LogP contribution in [-0.4, -0.2) is 25.9 Å². The molecule has 3 aromatic rings. The maximum absolute atomic E-state index is 14.2. The Kier molecular flexibility index (Phi) is 6.43. The van der Waals surface area contributed by atoms with E-state index in [1.807, 2.05) is 0 Å². The number of nitrogens with one attached hydrogen (secondary N) is 2. The summed E-state index contributed by atoms with van der Waals surface area (Å²) in [6.45, 7) is 3.60. The first-order chi connectivity index (χ1) is 14.3. The highest BCUT2D eigenvalue weighted by Gasteiger charge is 2.19. The van der Waals surface area contributed by atoms with Gasteiger partial charge in [0.15, 0.2) is 0 Å². The van der Waals surface area contributed by atoms with Gasteiger partial charge in [0.05, 0.1) is 16.7 Å². The minimum atomic E-state index is -3.82. The van der Waals surface area contributed by atoms with Crippen molar-refractivity contribution < 1.29 is 22.3 Å². The number of nitrogens with zero attached hydrogens (tertiary/aromatic N) is 1. The number of pyridine rings is 1. The average Bonchev–Trinajstić information content (AvgIpc) is 2.71. The molecule has 7 nitrogen and oxygen atoms in total. The molecule has 0 atom stereocenters. The second-order valence-corrected chi connectivity index (χ2v) is 8.14. The van der Waals surface area contributed by atoms with Crippen molar-refractivity contribution in [1.82, 2.24) is 9.71 Å². The molecule has 156 valence electrons. The number of carbonyl (C=O) groups excluding carboxylic acids is 1. The van der Waals surface area contributed by atoms with Gasteiger partial charge in [0, 0.05) is 18.4 Å². The first kappa shape index (κ1) is 21.4. The topological polar surface area (TPSA) is 97.4 Å². The van der Waals surface area contributed by atoms with E-state index in [0.29, 0.717) is 17.2 Å². The smallest absolute Gasteiger partial charge is 0.258 e. The number of amides is 1. The van der Waals surface area contributed by atoms with Crippen molar-refractivity contribution in [3.8, 4) is 11.5 Å². The molecule has 30 heavy (non-hydrogen) atoms. The molecule has 1 aromatic heterocycles. The van der Waals surface area contributed by atoms with Crippen LogP contribution in [0.25, 0.3) is 0 Å². The van der Waals surface area contributed by atoms with E-state index >= 15 is 0 Å². The third kappa shape index (κ3) is 5.00. The molecule has 0 fully saturated rings. The monoisotopic (exact) mass is 429 g/mol. The van der Waals surface area contributed by atoms with E-state index in [1.165, 1.54) is 0 Å². The zero-order valence-corrected chi connectivity index (χ0v) is 17.2. The van der Waals surface area contributed by atoms with Crippen LogP contribution in [0.3, 0.4) is 0 Å². The second-order valence-electron chi connectivity index (χ2n) is 6.37. The van der Waals surface area contributed by atoms with E-state index in [2.05, 4.69) is 15.0 Å². The van der Waals surface area contributed by atoms with Gasteiger partial charge in [0.1, 0.15) is 17.3 Å². The van der Waals surface area contributed by atoms with Gasteiger partial charge in [0.25, 0.3) is 5.91 Å². The zero-order valence-electron chi connectivity index (χ0n) is 16.3. The largest absolute Gasteiger partial charge is 0.455 e. The Balaban J connectivity index is 1.80. The predicted octanol–water partition coefficient (Wildman–Crippen LogP) is 3.87. The summed E-state index contributed by atoms with van der Waals surface area (Å²) in [5.41, 5.74) is 0.776. The van der Waals surface area contributed by atoms with E-state index in [1.54, 1.807) is 56.6 Å². The Morgan fingerprint density at radius 1 is 1.17 bits per heavy atom. The molecule has 0 aliphatic rings. The Labute approximate surface area is 174 Å². The normalized spacial score (nSPS) is 11.2. The number of rotatable bonds is 7.